The third kappa shape index (κ3) is 7.85. The van der Waals surface area contributed by atoms with Crippen LogP contribution < -0.4 is 21.5 Å². The van der Waals surface area contributed by atoms with Crippen LogP contribution >= 0.6 is 0 Å². The van der Waals surface area contributed by atoms with Crippen LogP contribution in [-0.2, 0) is 11.3 Å². The van der Waals surface area contributed by atoms with Crippen LogP contribution in [0.4, 0.5) is 27.5 Å². The summed E-state index contributed by atoms with van der Waals surface area (Å²) < 4.78 is 19.5. The average molecular weight is 545 g/mol. The highest BCUT2D eigenvalue weighted by molar-refractivity contribution is 5.69. The molecule has 10 nitrogen and oxygen atoms in total. The number of nitrogens with one attached hydrogen (secondary N) is 4. The van der Waals surface area contributed by atoms with E-state index in [1.807, 2.05) is 48.5 Å². The van der Waals surface area contributed by atoms with E-state index in [1.54, 1.807) is 18.3 Å². The van der Waals surface area contributed by atoms with Crippen molar-refractivity contribution in [3.63, 3.8) is 0 Å². The number of aromatic hydroxyl groups is 1. The SMILES string of the molecule is Oc1cccc(-c2ccc(Nc3ccc(CNNc4ncc(F)c(NCCCN5CCOCC5)n4)nc3)cc2)c1. The second-order valence-corrected chi connectivity index (χ2v) is 9.39. The number of hydrazine groups is 1. The summed E-state index contributed by atoms with van der Waals surface area (Å²) in [6.45, 7) is 5.38. The minimum atomic E-state index is -0.490. The molecule has 1 aliphatic rings. The van der Waals surface area contributed by atoms with Gasteiger partial charge in [-0.05, 0) is 60.5 Å². The summed E-state index contributed by atoms with van der Waals surface area (Å²) in [7, 11) is 0. The zero-order valence-electron chi connectivity index (χ0n) is 22.1. The third-order valence-corrected chi connectivity index (χ3v) is 6.44. The van der Waals surface area contributed by atoms with Crippen molar-refractivity contribution < 1.29 is 14.2 Å². The van der Waals surface area contributed by atoms with Gasteiger partial charge in [0.1, 0.15) is 5.75 Å². The second-order valence-electron chi connectivity index (χ2n) is 9.39. The first-order chi connectivity index (χ1) is 19.6. The molecule has 1 aliphatic heterocycles. The largest absolute Gasteiger partial charge is 0.508 e. The number of aromatic nitrogens is 3. The predicted molar refractivity (Wildman–Crippen MR) is 154 cm³/mol. The average Bonchev–Trinajstić information content (AvgIpc) is 2.98. The molecule has 0 atom stereocenters. The number of rotatable bonds is 12. The summed E-state index contributed by atoms with van der Waals surface area (Å²) in [4.78, 5) is 15.1. The van der Waals surface area contributed by atoms with Crippen LogP contribution in [0.5, 0.6) is 5.75 Å². The Balaban J connectivity index is 1.06. The molecule has 0 bridgehead atoms. The molecular weight excluding hydrogens is 511 g/mol. The van der Waals surface area contributed by atoms with Crippen LogP contribution in [0.25, 0.3) is 11.1 Å². The maximum Gasteiger partial charge on any atom is 0.239 e. The van der Waals surface area contributed by atoms with Crippen molar-refractivity contribution in [3.8, 4) is 16.9 Å². The standard InChI is InChI=1S/C29H33FN8O2/c30-27-20-33-29(36-28(27)31-11-2-12-38-13-15-40-16-14-38)37-34-19-24-9-10-25(18-32-24)35-23-7-5-21(6-8-23)22-3-1-4-26(39)17-22/h1,3-10,17-18,20,34-35,39H,2,11-16,19H2,(H2,31,33,36,37). The Morgan fingerprint density at radius 2 is 1.75 bits per heavy atom. The van der Waals surface area contributed by atoms with Crippen LogP contribution in [0.3, 0.4) is 0 Å². The number of pyridine rings is 1. The highest BCUT2D eigenvalue weighted by Gasteiger charge is 2.10. The van der Waals surface area contributed by atoms with Gasteiger partial charge in [-0.2, -0.15) is 4.98 Å². The Morgan fingerprint density at radius 1 is 0.925 bits per heavy atom. The number of phenols is 1. The monoisotopic (exact) mass is 544 g/mol. The van der Waals surface area contributed by atoms with Crippen molar-refractivity contribution in [2.24, 2.45) is 0 Å². The minimum Gasteiger partial charge on any atom is -0.508 e. The van der Waals surface area contributed by atoms with Gasteiger partial charge in [-0.15, -0.1) is 0 Å². The smallest absolute Gasteiger partial charge is 0.239 e. The molecule has 2 aromatic carbocycles. The summed E-state index contributed by atoms with van der Waals surface area (Å²) in [5.74, 6) is 0.193. The number of hydrogen-bond acceptors (Lipinski definition) is 10. The lowest BCUT2D eigenvalue weighted by molar-refractivity contribution is 0.0378. The lowest BCUT2D eigenvalue weighted by Gasteiger charge is -2.26. The van der Waals surface area contributed by atoms with Crippen LogP contribution in [0.15, 0.2) is 73.1 Å². The second kappa shape index (κ2) is 13.7. The van der Waals surface area contributed by atoms with Gasteiger partial charge < -0.3 is 20.5 Å². The van der Waals surface area contributed by atoms with Gasteiger partial charge >= 0.3 is 0 Å². The molecule has 5 rings (SSSR count). The summed E-state index contributed by atoms with van der Waals surface area (Å²) in [5.41, 5.74) is 10.5. The van der Waals surface area contributed by atoms with E-state index in [0.29, 0.717) is 13.1 Å². The third-order valence-electron chi connectivity index (χ3n) is 6.44. The van der Waals surface area contributed by atoms with Crippen LogP contribution in [0.2, 0.25) is 0 Å². The summed E-state index contributed by atoms with van der Waals surface area (Å²) in [6, 6.07) is 19.0. The molecule has 11 heteroatoms. The van der Waals surface area contributed by atoms with E-state index < -0.39 is 5.82 Å². The van der Waals surface area contributed by atoms with Gasteiger partial charge in [-0.3, -0.25) is 15.3 Å². The molecule has 40 heavy (non-hydrogen) atoms. The molecule has 0 amide bonds. The molecule has 1 saturated heterocycles. The highest BCUT2D eigenvalue weighted by Crippen LogP contribution is 2.25. The molecule has 4 aromatic rings. The van der Waals surface area contributed by atoms with Gasteiger partial charge in [0.05, 0.1) is 43.5 Å². The minimum absolute atomic E-state index is 0.171. The molecule has 0 spiro atoms. The lowest BCUT2D eigenvalue weighted by Crippen LogP contribution is -2.37. The predicted octanol–water partition coefficient (Wildman–Crippen LogP) is 4.38. The highest BCUT2D eigenvalue weighted by atomic mass is 19.1. The van der Waals surface area contributed by atoms with Gasteiger partial charge in [-0.1, -0.05) is 24.3 Å². The molecule has 0 unspecified atom stereocenters. The lowest BCUT2D eigenvalue weighted by atomic mass is 10.1. The van der Waals surface area contributed by atoms with E-state index in [9.17, 15) is 9.50 Å². The first-order valence-corrected chi connectivity index (χ1v) is 13.3. The Hall–Kier alpha value is -4.32. The van der Waals surface area contributed by atoms with E-state index in [2.05, 4.69) is 41.3 Å². The van der Waals surface area contributed by atoms with Crippen molar-refractivity contribution in [1.82, 2.24) is 25.3 Å². The molecular formula is C29H33FN8O2. The Bertz CT molecular complexity index is 1370. The maximum atomic E-state index is 14.2. The normalized spacial score (nSPS) is 13.6. The fourth-order valence-electron chi connectivity index (χ4n) is 4.30. The van der Waals surface area contributed by atoms with E-state index >= 15 is 0 Å². The quantitative estimate of drug-likeness (QED) is 0.130. The summed E-state index contributed by atoms with van der Waals surface area (Å²) in [5, 5.41) is 16.1. The molecule has 0 radical (unpaired) electrons. The maximum absolute atomic E-state index is 14.2. The molecule has 208 valence electrons. The fraction of sp³-hybridized carbons (Fsp3) is 0.276. The molecule has 0 saturated carbocycles. The number of anilines is 4. The topological polar surface area (TPSA) is 119 Å². The molecule has 5 N–H and O–H groups in total. The number of phenolic OH excluding ortho intramolecular Hbond substituents is 1. The van der Waals surface area contributed by atoms with Crippen molar-refractivity contribution in [2.45, 2.75) is 13.0 Å². The number of hydrogen-bond donors (Lipinski definition) is 5. The number of benzene rings is 2. The van der Waals surface area contributed by atoms with Gasteiger partial charge in [0.25, 0.3) is 0 Å². The molecule has 2 aromatic heterocycles. The van der Waals surface area contributed by atoms with Crippen molar-refractivity contribution >= 4 is 23.1 Å². The van der Waals surface area contributed by atoms with E-state index in [0.717, 1.165) is 73.7 Å². The molecule has 3 heterocycles. The fourth-order valence-corrected chi connectivity index (χ4v) is 4.30. The van der Waals surface area contributed by atoms with Gasteiger partial charge in [0.2, 0.25) is 5.95 Å². The number of nitrogens with zero attached hydrogens (tertiary/aromatic N) is 4. The van der Waals surface area contributed by atoms with Crippen LogP contribution in [-0.4, -0.2) is 64.4 Å². The zero-order chi connectivity index (χ0) is 27.6. The van der Waals surface area contributed by atoms with Crippen LogP contribution in [0.1, 0.15) is 12.1 Å². The summed E-state index contributed by atoms with van der Waals surface area (Å²) >= 11 is 0. The number of ether oxygens (including phenoxy) is 1. The van der Waals surface area contributed by atoms with Crippen molar-refractivity contribution in [2.75, 3.05) is 55.5 Å². The Morgan fingerprint density at radius 3 is 2.52 bits per heavy atom. The van der Waals surface area contributed by atoms with Gasteiger partial charge in [-0.25, -0.2) is 14.8 Å². The van der Waals surface area contributed by atoms with E-state index in [-0.39, 0.29) is 17.5 Å². The van der Waals surface area contributed by atoms with E-state index in [1.165, 1.54) is 0 Å². The number of halogens is 1. The number of morpholine rings is 1. The van der Waals surface area contributed by atoms with Gasteiger partial charge in [0, 0.05) is 25.3 Å². The molecule has 1 fully saturated rings. The zero-order valence-corrected chi connectivity index (χ0v) is 22.1. The van der Waals surface area contributed by atoms with Crippen LogP contribution in [0, 0.1) is 5.82 Å². The first-order valence-electron chi connectivity index (χ1n) is 13.3. The molecule has 0 aliphatic carbocycles. The Labute approximate surface area is 232 Å². The summed E-state index contributed by atoms with van der Waals surface area (Å²) in [6.07, 6.45) is 3.79. The Kier molecular flexibility index (Phi) is 9.30. The first kappa shape index (κ1) is 27.3. The van der Waals surface area contributed by atoms with Gasteiger partial charge in [0.15, 0.2) is 11.6 Å². The van der Waals surface area contributed by atoms with Crippen molar-refractivity contribution in [3.05, 3.63) is 84.6 Å². The van der Waals surface area contributed by atoms with E-state index in [4.69, 9.17) is 4.74 Å². The van der Waals surface area contributed by atoms with Crippen molar-refractivity contribution in [1.29, 1.82) is 0 Å².